The molecule has 0 amide bonds. The first-order chi connectivity index (χ1) is 8.29. The van der Waals surface area contributed by atoms with E-state index in [1.54, 1.807) is 7.11 Å². The highest BCUT2D eigenvalue weighted by Gasteiger charge is 2.28. The van der Waals surface area contributed by atoms with Gasteiger partial charge in [-0.3, -0.25) is 0 Å². The summed E-state index contributed by atoms with van der Waals surface area (Å²) < 4.78 is 16.1. The molecular formula is C13H17NO3. The average molecular weight is 235 g/mol. The Morgan fingerprint density at radius 3 is 2.82 bits per heavy atom. The van der Waals surface area contributed by atoms with Gasteiger partial charge in [-0.2, -0.15) is 0 Å². The number of fused-ring (bicyclic) bond motifs is 1. The van der Waals surface area contributed by atoms with Crippen LogP contribution in [0.4, 0.5) is 0 Å². The number of benzene rings is 1. The highest BCUT2D eigenvalue weighted by molar-refractivity contribution is 5.55. The van der Waals surface area contributed by atoms with E-state index >= 15 is 0 Å². The van der Waals surface area contributed by atoms with Crippen molar-refractivity contribution >= 4 is 0 Å². The van der Waals surface area contributed by atoms with E-state index in [4.69, 9.17) is 19.9 Å². The van der Waals surface area contributed by atoms with Crippen molar-refractivity contribution in [3.05, 3.63) is 17.7 Å². The van der Waals surface area contributed by atoms with Crippen LogP contribution in [0.1, 0.15) is 30.9 Å². The van der Waals surface area contributed by atoms with Crippen LogP contribution in [0.15, 0.2) is 12.1 Å². The number of hydrogen-bond acceptors (Lipinski definition) is 4. The van der Waals surface area contributed by atoms with Crippen LogP contribution < -0.4 is 19.9 Å². The zero-order valence-electron chi connectivity index (χ0n) is 9.94. The average Bonchev–Trinajstić information content (AvgIpc) is 2.73. The first-order valence-corrected chi connectivity index (χ1v) is 6.02. The van der Waals surface area contributed by atoms with Crippen LogP contribution in [0.5, 0.6) is 17.2 Å². The van der Waals surface area contributed by atoms with Gasteiger partial charge in [0.25, 0.3) is 0 Å². The Bertz CT molecular complexity index is 429. The van der Waals surface area contributed by atoms with Gasteiger partial charge in [0, 0.05) is 6.04 Å². The SMILES string of the molecule is COc1cc([C@@H](N)C2CCC2)cc2c1OCO2. The summed E-state index contributed by atoms with van der Waals surface area (Å²) in [5, 5.41) is 0. The first-order valence-electron chi connectivity index (χ1n) is 6.02. The molecule has 1 aromatic rings. The second kappa shape index (κ2) is 4.11. The highest BCUT2D eigenvalue weighted by Crippen LogP contribution is 2.45. The molecule has 17 heavy (non-hydrogen) atoms. The van der Waals surface area contributed by atoms with Crippen molar-refractivity contribution in [2.24, 2.45) is 11.7 Å². The molecule has 1 aliphatic heterocycles. The lowest BCUT2D eigenvalue weighted by Gasteiger charge is -2.31. The second-order valence-electron chi connectivity index (χ2n) is 4.67. The van der Waals surface area contributed by atoms with Gasteiger partial charge in [0.1, 0.15) is 0 Å². The smallest absolute Gasteiger partial charge is 0.231 e. The van der Waals surface area contributed by atoms with Crippen LogP contribution in [-0.4, -0.2) is 13.9 Å². The van der Waals surface area contributed by atoms with Gasteiger partial charge < -0.3 is 19.9 Å². The third-order valence-corrected chi connectivity index (χ3v) is 3.72. The van der Waals surface area contributed by atoms with Crippen molar-refractivity contribution in [1.29, 1.82) is 0 Å². The topological polar surface area (TPSA) is 53.7 Å². The predicted octanol–water partition coefficient (Wildman–Crippen LogP) is 2.22. The molecule has 1 aromatic carbocycles. The van der Waals surface area contributed by atoms with E-state index in [0.717, 1.165) is 11.3 Å². The molecular weight excluding hydrogens is 218 g/mol. The van der Waals surface area contributed by atoms with E-state index in [0.29, 0.717) is 17.4 Å². The Morgan fingerprint density at radius 1 is 1.35 bits per heavy atom. The van der Waals surface area contributed by atoms with Crippen molar-refractivity contribution in [1.82, 2.24) is 0 Å². The van der Waals surface area contributed by atoms with E-state index in [1.165, 1.54) is 19.3 Å². The molecule has 1 fully saturated rings. The van der Waals surface area contributed by atoms with E-state index in [2.05, 4.69) is 0 Å². The summed E-state index contributed by atoms with van der Waals surface area (Å²) in [5.41, 5.74) is 7.35. The zero-order valence-corrected chi connectivity index (χ0v) is 9.94. The van der Waals surface area contributed by atoms with Crippen LogP contribution in [0.2, 0.25) is 0 Å². The van der Waals surface area contributed by atoms with Gasteiger partial charge in [0.15, 0.2) is 11.5 Å². The molecule has 0 bridgehead atoms. The number of hydrogen-bond donors (Lipinski definition) is 1. The Kier molecular flexibility index (Phi) is 2.59. The number of ether oxygens (including phenoxy) is 3. The molecule has 1 saturated carbocycles. The zero-order chi connectivity index (χ0) is 11.8. The standard InChI is InChI=1S/C13H17NO3/c1-15-10-5-9(12(14)8-3-2-4-8)6-11-13(10)17-7-16-11/h5-6,8,12H,2-4,7,14H2,1H3/t12-/m0/s1. The van der Waals surface area contributed by atoms with Crippen molar-refractivity contribution in [2.75, 3.05) is 13.9 Å². The summed E-state index contributed by atoms with van der Waals surface area (Å²) in [6.45, 7) is 0.258. The largest absolute Gasteiger partial charge is 0.493 e. The van der Waals surface area contributed by atoms with E-state index in [1.807, 2.05) is 12.1 Å². The molecule has 1 aliphatic carbocycles. The van der Waals surface area contributed by atoms with Gasteiger partial charge >= 0.3 is 0 Å². The fourth-order valence-corrected chi connectivity index (χ4v) is 2.41. The molecule has 0 aromatic heterocycles. The van der Waals surface area contributed by atoms with Crippen LogP contribution in [0.3, 0.4) is 0 Å². The quantitative estimate of drug-likeness (QED) is 0.872. The van der Waals surface area contributed by atoms with E-state index in [9.17, 15) is 0 Å². The predicted molar refractivity (Wildman–Crippen MR) is 63.4 cm³/mol. The molecule has 4 nitrogen and oxygen atoms in total. The fourth-order valence-electron chi connectivity index (χ4n) is 2.41. The summed E-state index contributed by atoms with van der Waals surface area (Å²) in [4.78, 5) is 0. The molecule has 0 radical (unpaired) electrons. The lowest BCUT2D eigenvalue weighted by atomic mass is 9.77. The Balaban J connectivity index is 1.94. The molecule has 2 aliphatic rings. The molecule has 92 valence electrons. The summed E-state index contributed by atoms with van der Waals surface area (Å²) in [6.07, 6.45) is 3.73. The Labute approximate surface area is 101 Å². The van der Waals surface area contributed by atoms with Gasteiger partial charge in [-0.1, -0.05) is 6.42 Å². The van der Waals surface area contributed by atoms with Crippen LogP contribution in [0, 0.1) is 5.92 Å². The Hall–Kier alpha value is -1.42. The minimum absolute atomic E-state index is 0.0761. The molecule has 0 spiro atoms. The van der Waals surface area contributed by atoms with Crippen molar-refractivity contribution in [3.8, 4) is 17.2 Å². The second-order valence-corrected chi connectivity index (χ2v) is 4.67. The maximum Gasteiger partial charge on any atom is 0.231 e. The number of methoxy groups -OCH3 is 1. The number of rotatable bonds is 3. The van der Waals surface area contributed by atoms with E-state index < -0.39 is 0 Å². The molecule has 1 atom stereocenters. The summed E-state index contributed by atoms with van der Waals surface area (Å²) >= 11 is 0. The minimum Gasteiger partial charge on any atom is -0.493 e. The van der Waals surface area contributed by atoms with Gasteiger partial charge in [-0.05, 0) is 36.5 Å². The maximum atomic E-state index is 6.27. The molecule has 1 heterocycles. The Morgan fingerprint density at radius 2 is 2.18 bits per heavy atom. The normalized spacial score (nSPS) is 19.9. The van der Waals surface area contributed by atoms with Gasteiger partial charge in [-0.15, -0.1) is 0 Å². The minimum atomic E-state index is 0.0761. The third-order valence-electron chi connectivity index (χ3n) is 3.72. The number of nitrogens with two attached hydrogens (primary N) is 1. The van der Waals surface area contributed by atoms with Crippen LogP contribution in [-0.2, 0) is 0 Å². The van der Waals surface area contributed by atoms with Crippen molar-refractivity contribution in [3.63, 3.8) is 0 Å². The summed E-state index contributed by atoms with van der Waals surface area (Å²) in [6, 6.07) is 4.02. The molecule has 0 unspecified atom stereocenters. The summed E-state index contributed by atoms with van der Waals surface area (Å²) in [7, 11) is 1.63. The van der Waals surface area contributed by atoms with Crippen LogP contribution >= 0.6 is 0 Å². The van der Waals surface area contributed by atoms with Gasteiger partial charge in [0.2, 0.25) is 12.5 Å². The molecule has 4 heteroatoms. The first kappa shape index (κ1) is 10.7. The van der Waals surface area contributed by atoms with Crippen molar-refractivity contribution in [2.45, 2.75) is 25.3 Å². The molecule has 0 saturated heterocycles. The highest BCUT2D eigenvalue weighted by atomic mass is 16.7. The van der Waals surface area contributed by atoms with Crippen LogP contribution in [0.25, 0.3) is 0 Å². The monoisotopic (exact) mass is 235 g/mol. The van der Waals surface area contributed by atoms with Gasteiger partial charge in [-0.25, -0.2) is 0 Å². The third kappa shape index (κ3) is 1.72. The molecule has 2 N–H and O–H groups in total. The maximum absolute atomic E-state index is 6.27. The fraction of sp³-hybridized carbons (Fsp3) is 0.538. The molecule has 3 rings (SSSR count). The van der Waals surface area contributed by atoms with Gasteiger partial charge in [0.05, 0.1) is 7.11 Å². The lowest BCUT2D eigenvalue weighted by Crippen LogP contribution is -2.26. The van der Waals surface area contributed by atoms with Crippen molar-refractivity contribution < 1.29 is 14.2 Å². The summed E-state index contributed by atoms with van der Waals surface area (Å²) in [5.74, 6) is 2.75. The van der Waals surface area contributed by atoms with E-state index in [-0.39, 0.29) is 12.8 Å². The lowest BCUT2D eigenvalue weighted by molar-refractivity contribution is 0.171.